The Balaban J connectivity index is 1.62. The molecular weight excluding hydrogens is 422 g/mol. The smallest absolute Gasteiger partial charge is 0.305 e. The van der Waals surface area contributed by atoms with Crippen LogP contribution in [-0.2, 0) is 19.4 Å². The number of thiophene rings is 1. The molecule has 0 saturated carbocycles. The summed E-state index contributed by atoms with van der Waals surface area (Å²) in [5.41, 5.74) is 1.95. The number of nitrogens with zero attached hydrogens (tertiary/aromatic N) is 1. The van der Waals surface area contributed by atoms with E-state index in [1.165, 1.54) is 17.7 Å². The van der Waals surface area contributed by atoms with Crippen LogP contribution < -0.4 is 0 Å². The average molecular weight is 444 g/mol. The summed E-state index contributed by atoms with van der Waals surface area (Å²) in [5, 5.41) is 9.42. The third kappa shape index (κ3) is 3.97. The SMILES string of the molecule is O=C(O)C[C@]1(c2ccc(-c3ccc(C=Cc4cnco4)cc3)s2)CCCCS1(=O)=O. The van der Waals surface area contributed by atoms with Crippen molar-refractivity contribution in [2.24, 2.45) is 0 Å². The molecular formula is C22H21NO5S2. The lowest BCUT2D eigenvalue weighted by atomic mass is 9.95. The van der Waals surface area contributed by atoms with Crippen LogP contribution in [0.15, 0.2) is 53.4 Å². The molecule has 0 spiro atoms. The van der Waals surface area contributed by atoms with Crippen molar-refractivity contribution in [3.05, 3.63) is 65.2 Å². The first-order chi connectivity index (χ1) is 14.4. The van der Waals surface area contributed by atoms with E-state index in [1.54, 1.807) is 12.3 Å². The molecule has 0 amide bonds. The minimum atomic E-state index is -3.53. The second-order valence-electron chi connectivity index (χ2n) is 7.36. The highest BCUT2D eigenvalue weighted by atomic mass is 32.2. The summed E-state index contributed by atoms with van der Waals surface area (Å²) in [6.45, 7) is 0. The number of oxazole rings is 1. The predicted octanol–water partition coefficient (Wildman–Crippen LogP) is 4.84. The number of aliphatic carboxylic acids is 1. The van der Waals surface area contributed by atoms with Gasteiger partial charge in [-0.05, 0) is 42.2 Å². The van der Waals surface area contributed by atoms with E-state index in [0.717, 1.165) is 16.0 Å². The van der Waals surface area contributed by atoms with Crippen LogP contribution in [0.25, 0.3) is 22.6 Å². The lowest BCUT2D eigenvalue weighted by molar-refractivity contribution is -0.137. The van der Waals surface area contributed by atoms with Gasteiger partial charge in [0.15, 0.2) is 16.2 Å². The zero-order chi connectivity index (χ0) is 21.2. The van der Waals surface area contributed by atoms with E-state index in [1.807, 2.05) is 42.5 Å². The van der Waals surface area contributed by atoms with Gasteiger partial charge in [0, 0.05) is 9.75 Å². The van der Waals surface area contributed by atoms with E-state index in [0.29, 0.717) is 29.9 Å². The number of rotatable bonds is 6. The minimum Gasteiger partial charge on any atom is -0.481 e. The first-order valence-electron chi connectivity index (χ1n) is 9.61. The van der Waals surface area contributed by atoms with Gasteiger partial charge >= 0.3 is 5.97 Å². The van der Waals surface area contributed by atoms with Gasteiger partial charge in [0.05, 0.1) is 18.4 Å². The Hall–Kier alpha value is -2.71. The molecule has 0 unspecified atom stereocenters. The summed E-state index contributed by atoms with van der Waals surface area (Å²) in [6, 6.07) is 11.5. The monoisotopic (exact) mass is 443 g/mol. The topological polar surface area (TPSA) is 97.5 Å². The van der Waals surface area contributed by atoms with Crippen LogP contribution in [0.4, 0.5) is 0 Å². The molecule has 30 heavy (non-hydrogen) atoms. The standard InChI is InChI=1S/C22H21NO5S2/c24-21(25)13-22(11-1-2-12-30(22,26)27)20-10-9-19(29-20)17-6-3-16(4-7-17)5-8-18-14-23-15-28-18/h3-10,14-15H,1-2,11-13H2,(H,24,25)/t22-/m0/s1. The number of hydrogen-bond acceptors (Lipinski definition) is 6. The molecule has 0 radical (unpaired) electrons. The average Bonchev–Trinajstić information content (AvgIpc) is 3.40. The van der Waals surface area contributed by atoms with Crippen molar-refractivity contribution in [3.8, 4) is 10.4 Å². The van der Waals surface area contributed by atoms with Crippen LogP contribution in [0, 0.1) is 0 Å². The lowest BCUT2D eigenvalue weighted by Gasteiger charge is -2.34. The van der Waals surface area contributed by atoms with E-state index >= 15 is 0 Å². The Bertz CT molecular complexity index is 1160. The van der Waals surface area contributed by atoms with Gasteiger partial charge < -0.3 is 9.52 Å². The Morgan fingerprint density at radius 3 is 2.63 bits per heavy atom. The van der Waals surface area contributed by atoms with Crippen LogP contribution in [0.3, 0.4) is 0 Å². The van der Waals surface area contributed by atoms with Crippen molar-refractivity contribution >= 4 is 39.3 Å². The van der Waals surface area contributed by atoms with Crippen LogP contribution in [0.2, 0.25) is 0 Å². The first kappa shape index (κ1) is 20.6. The number of benzene rings is 1. The van der Waals surface area contributed by atoms with Gasteiger partial charge in [-0.25, -0.2) is 13.4 Å². The molecule has 1 fully saturated rings. The van der Waals surface area contributed by atoms with Crippen molar-refractivity contribution in [2.45, 2.75) is 30.4 Å². The second-order valence-corrected chi connectivity index (χ2v) is 10.9. The van der Waals surface area contributed by atoms with Gasteiger partial charge in [0.25, 0.3) is 0 Å². The van der Waals surface area contributed by atoms with Crippen molar-refractivity contribution in [3.63, 3.8) is 0 Å². The molecule has 0 bridgehead atoms. The molecule has 156 valence electrons. The largest absolute Gasteiger partial charge is 0.481 e. The molecule has 4 rings (SSSR count). The molecule has 3 heterocycles. The number of carboxylic acids is 1. The summed E-state index contributed by atoms with van der Waals surface area (Å²) in [4.78, 5) is 16.9. The maximum Gasteiger partial charge on any atom is 0.305 e. The summed E-state index contributed by atoms with van der Waals surface area (Å²) in [5.74, 6) is -0.377. The molecule has 1 saturated heterocycles. The van der Waals surface area contributed by atoms with E-state index in [9.17, 15) is 18.3 Å². The van der Waals surface area contributed by atoms with E-state index in [2.05, 4.69) is 4.98 Å². The molecule has 3 aromatic rings. The van der Waals surface area contributed by atoms with Crippen LogP contribution >= 0.6 is 11.3 Å². The summed E-state index contributed by atoms with van der Waals surface area (Å²) < 4.78 is 29.7. The molecule has 0 aliphatic carbocycles. The Morgan fingerprint density at radius 2 is 1.97 bits per heavy atom. The fourth-order valence-corrected chi connectivity index (χ4v) is 7.62. The number of carbonyl (C=O) groups is 1. The number of aromatic nitrogens is 1. The van der Waals surface area contributed by atoms with E-state index in [-0.39, 0.29) is 12.2 Å². The predicted molar refractivity (Wildman–Crippen MR) is 117 cm³/mol. The summed E-state index contributed by atoms with van der Waals surface area (Å²) >= 11 is 1.37. The number of sulfone groups is 1. The summed E-state index contributed by atoms with van der Waals surface area (Å²) in [6.07, 6.45) is 8.02. The zero-order valence-electron chi connectivity index (χ0n) is 16.2. The van der Waals surface area contributed by atoms with Gasteiger partial charge in [-0.1, -0.05) is 36.8 Å². The highest BCUT2D eigenvalue weighted by Crippen LogP contribution is 2.47. The van der Waals surface area contributed by atoms with Crippen molar-refractivity contribution in [1.29, 1.82) is 0 Å². The highest BCUT2D eigenvalue weighted by Gasteiger charge is 2.49. The third-order valence-electron chi connectivity index (χ3n) is 5.42. The van der Waals surface area contributed by atoms with Crippen molar-refractivity contribution < 1.29 is 22.7 Å². The molecule has 1 N–H and O–H groups in total. The van der Waals surface area contributed by atoms with Crippen LogP contribution in [0.1, 0.15) is 41.9 Å². The lowest BCUT2D eigenvalue weighted by Crippen LogP contribution is -2.41. The zero-order valence-corrected chi connectivity index (χ0v) is 17.8. The normalized spacial score (nSPS) is 21.1. The minimum absolute atomic E-state index is 0.0414. The van der Waals surface area contributed by atoms with Gasteiger partial charge in [0.1, 0.15) is 10.5 Å². The Morgan fingerprint density at radius 1 is 1.17 bits per heavy atom. The maximum absolute atomic E-state index is 12.9. The van der Waals surface area contributed by atoms with Gasteiger partial charge in [-0.15, -0.1) is 11.3 Å². The second kappa shape index (κ2) is 8.20. The quantitative estimate of drug-likeness (QED) is 0.585. The third-order valence-corrected chi connectivity index (χ3v) is 9.47. The van der Waals surface area contributed by atoms with Gasteiger partial charge in [-0.2, -0.15) is 0 Å². The van der Waals surface area contributed by atoms with Gasteiger partial charge in [0.2, 0.25) is 0 Å². The van der Waals surface area contributed by atoms with Crippen molar-refractivity contribution in [1.82, 2.24) is 4.98 Å². The maximum atomic E-state index is 12.9. The molecule has 1 atom stereocenters. The molecule has 2 aromatic heterocycles. The fraction of sp³-hybridized carbons (Fsp3) is 0.273. The number of carboxylic acid groups (broad SMARTS) is 1. The molecule has 1 aliphatic rings. The fourth-order valence-electron chi connectivity index (χ4n) is 3.84. The van der Waals surface area contributed by atoms with E-state index < -0.39 is 20.6 Å². The number of hydrogen-bond donors (Lipinski definition) is 1. The Kier molecular flexibility index (Phi) is 5.62. The molecule has 6 nitrogen and oxygen atoms in total. The first-order valence-corrected chi connectivity index (χ1v) is 12.1. The molecule has 8 heteroatoms. The van der Waals surface area contributed by atoms with Crippen molar-refractivity contribution in [2.75, 3.05) is 5.75 Å². The van der Waals surface area contributed by atoms with E-state index in [4.69, 9.17) is 4.42 Å². The molecule has 1 aliphatic heterocycles. The van der Waals surface area contributed by atoms with Crippen LogP contribution in [-0.4, -0.2) is 30.2 Å². The highest BCUT2D eigenvalue weighted by molar-refractivity contribution is 7.92. The van der Waals surface area contributed by atoms with Gasteiger partial charge in [-0.3, -0.25) is 4.79 Å². The van der Waals surface area contributed by atoms with Crippen LogP contribution in [0.5, 0.6) is 0 Å². The Labute approximate surface area is 178 Å². The summed E-state index contributed by atoms with van der Waals surface area (Å²) in [7, 11) is -3.53. The molecule has 1 aromatic carbocycles.